The Morgan fingerprint density at radius 1 is 0.938 bits per heavy atom. The SMILES string of the molecule is CCOC(=O)c1ccc(NC(=O)c2ccc(Cl)c(S(=O)(=O)Nc3cccc(C)c3)c2)cc1. The van der Waals surface area contributed by atoms with E-state index in [0.29, 0.717) is 16.9 Å². The van der Waals surface area contributed by atoms with Gasteiger partial charge in [0.15, 0.2) is 0 Å². The first-order valence-corrected chi connectivity index (χ1v) is 11.5. The van der Waals surface area contributed by atoms with Crippen molar-refractivity contribution in [3.8, 4) is 0 Å². The fourth-order valence-corrected chi connectivity index (χ4v) is 4.45. The van der Waals surface area contributed by atoms with Crippen molar-refractivity contribution >= 4 is 44.9 Å². The highest BCUT2D eigenvalue weighted by Gasteiger charge is 2.21. The number of ether oxygens (including phenoxy) is 1. The monoisotopic (exact) mass is 472 g/mol. The van der Waals surface area contributed by atoms with Gasteiger partial charge in [-0.05, 0) is 74.0 Å². The minimum Gasteiger partial charge on any atom is -0.462 e. The normalized spacial score (nSPS) is 11.0. The molecule has 3 rings (SSSR count). The molecule has 0 heterocycles. The van der Waals surface area contributed by atoms with Crippen LogP contribution in [-0.2, 0) is 14.8 Å². The van der Waals surface area contributed by atoms with Crippen LogP contribution >= 0.6 is 11.6 Å². The Morgan fingerprint density at radius 2 is 1.62 bits per heavy atom. The molecule has 0 saturated carbocycles. The molecule has 0 bridgehead atoms. The van der Waals surface area contributed by atoms with Crippen molar-refractivity contribution in [2.24, 2.45) is 0 Å². The van der Waals surface area contributed by atoms with Crippen LogP contribution in [0.1, 0.15) is 33.2 Å². The molecule has 7 nitrogen and oxygen atoms in total. The molecule has 0 fully saturated rings. The largest absolute Gasteiger partial charge is 0.462 e. The molecule has 166 valence electrons. The van der Waals surface area contributed by atoms with Gasteiger partial charge in [0.25, 0.3) is 15.9 Å². The summed E-state index contributed by atoms with van der Waals surface area (Å²) in [4.78, 5) is 24.2. The Morgan fingerprint density at radius 3 is 2.28 bits per heavy atom. The summed E-state index contributed by atoms with van der Waals surface area (Å²) in [7, 11) is -4.02. The predicted octanol–water partition coefficient (Wildman–Crippen LogP) is 4.88. The van der Waals surface area contributed by atoms with Gasteiger partial charge < -0.3 is 10.1 Å². The van der Waals surface area contributed by atoms with Crippen LogP contribution in [0.5, 0.6) is 0 Å². The second kappa shape index (κ2) is 9.84. The van der Waals surface area contributed by atoms with Gasteiger partial charge in [-0.25, -0.2) is 13.2 Å². The standard InChI is InChI=1S/C23H21ClN2O5S/c1-3-31-23(28)16-7-10-18(11-8-16)25-22(27)17-9-12-20(24)21(14-17)32(29,30)26-19-6-4-5-15(2)13-19/h4-14,26H,3H2,1-2H3,(H,25,27). The number of rotatable bonds is 7. The molecule has 3 aromatic carbocycles. The Balaban J connectivity index is 1.80. The Labute approximate surface area is 191 Å². The van der Waals surface area contributed by atoms with Crippen molar-refractivity contribution < 1.29 is 22.7 Å². The molecule has 0 saturated heterocycles. The molecule has 1 amide bonds. The van der Waals surface area contributed by atoms with Gasteiger partial charge in [-0.3, -0.25) is 9.52 Å². The van der Waals surface area contributed by atoms with Crippen molar-refractivity contribution in [3.63, 3.8) is 0 Å². The van der Waals surface area contributed by atoms with E-state index < -0.39 is 21.9 Å². The van der Waals surface area contributed by atoms with E-state index >= 15 is 0 Å². The lowest BCUT2D eigenvalue weighted by Gasteiger charge is -2.12. The number of carbonyl (C=O) groups excluding carboxylic acids is 2. The highest BCUT2D eigenvalue weighted by molar-refractivity contribution is 7.92. The zero-order chi connectivity index (χ0) is 23.3. The lowest BCUT2D eigenvalue weighted by molar-refractivity contribution is 0.0526. The van der Waals surface area contributed by atoms with Gasteiger partial charge in [-0.2, -0.15) is 0 Å². The van der Waals surface area contributed by atoms with Crippen LogP contribution < -0.4 is 10.0 Å². The number of aryl methyl sites for hydroxylation is 1. The number of halogens is 1. The van der Waals surface area contributed by atoms with E-state index in [0.717, 1.165) is 5.56 Å². The molecule has 3 aromatic rings. The average Bonchev–Trinajstić information content (AvgIpc) is 2.74. The molecule has 0 spiro atoms. The maximum atomic E-state index is 12.9. The van der Waals surface area contributed by atoms with Gasteiger partial charge in [0.05, 0.1) is 17.2 Å². The number of anilines is 2. The third-order valence-electron chi connectivity index (χ3n) is 4.41. The van der Waals surface area contributed by atoms with Crippen LogP contribution in [-0.4, -0.2) is 26.9 Å². The maximum Gasteiger partial charge on any atom is 0.338 e. The first-order valence-electron chi connectivity index (χ1n) is 9.67. The van der Waals surface area contributed by atoms with Crippen LogP contribution in [0, 0.1) is 6.92 Å². The van der Waals surface area contributed by atoms with Gasteiger partial charge in [-0.15, -0.1) is 0 Å². The third-order valence-corrected chi connectivity index (χ3v) is 6.27. The molecular weight excluding hydrogens is 452 g/mol. The lowest BCUT2D eigenvalue weighted by Crippen LogP contribution is -2.16. The summed E-state index contributed by atoms with van der Waals surface area (Å²) in [6.45, 7) is 3.82. The molecule has 0 aliphatic heterocycles. The number of amides is 1. The minimum atomic E-state index is -4.02. The Kier molecular flexibility index (Phi) is 7.17. The molecule has 0 radical (unpaired) electrons. The van der Waals surface area contributed by atoms with Gasteiger partial charge in [0.2, 0.25) is 0 Å². The van der Waals surface area contributed by atoms with Gasteiger partial charge in [0, 0.05) is 16.9 Å². The van der Waals surface area contributed by atoms with Crippen LogP contribution in [0.25, 0.3) is 0 Å². The van der Waals surface area contributed by atoms with E-state index in [-0.39, 0.29) is 22.1 Å². The summed E-state index contributed by atoms with van der Waals surface area (Å²) in [5, 5.41) is 2.65. The number of esters is 1. The van der Waals surface area contributed by atoms with Crippen LogP contribution in [0.2, 0.25) is 5.02 Å². The zero-order valence-corrected chi connectivity index (χ0v) is 19.0. The van der Waals surface area contributed by atoms with E-state index in [1.54, 1.807) is 37.3 Å². The quantitative estimate of drug-likeness (QED) is 0.477. The summed E-state index contributed by atoms with van der Waals surface area (Å²) < 4.78 is 33.1. The zero-order valence-electron chi connectivity index (χ0n) is 17.4. The molecule has 0 aliphatic rings. The van der Waals surface area contributed by atoms with Crippen molar-refractivity contribution in [3.05, 3.63) is 88.4 Å². The number of nitrogens with one attached hydrogen (secondary N) is 2. The number of carbonyl (C=O) groups is 2. The average molecular weight is 473 g/mol. The molecular formula is C23H21ClN2O5S. The summed E-state index contributed by atoms with van der Waals surface area (Å²) >= 11 is 6.12. The number of hydrogen-bond acceptors (Lipinski definition) is 5. The van der Waals surface area contributed by atoms with Crippen molar-refractivity contribution in [2.45, 2.75) is 18.7 Å². The molecule has 0 unspecified atom stereocenters. The maximum absolute atomic E-state index is 12.9. The molecule has 9 heteroatoms. The molecule has 0 atom stereocenters. The van der Waals surface area contributed by atoms with Crippen LogP contribution in [0.4, 0.5) is 11.4 Å². The van der Waals surface area contributed by atoms with E-state index in [2.05, 4.69) is 10.0 Å². The highest BCUT2D eigenvalue weighted by atomic mass is 35.5. The number of benzene rings is 3. The van der Waals surface area contributed by atoms with E-state index in [1.807, 2.05) is 13.0 Å². The highest BCUT2D eigenvalue weighted by Crippen LogP contribution is 2.26. The molecule has 0 aliphatic carbocycles. The Hall–Kier alpha value is -3.36. The topological polar surface area (TPSA) is 102 Å². The molecule has 0 aromatic heterocycles. The fraction of sp³-hybridized carbons (Fsp3) is 0.130. The minimum absolute atomic E-state index is 0.0134. The van der Waals surface area contributed by atoms with E-state index in [1.165, 1.54) is 30.3 Å². The van der Waals surface area contributed by atoms with Gasteiger partial charge in [0.1, 0.15) is 4.90 Å². The third kappa shape index (κ3) is 5.66. The molecule has 2 N–H and O–H groups in total. The summed E-state index contributed by atoms with van der Waals surface area (Å²) in [6, 6.07) is 17.0. The number of hydrogen-bond donors (Lipinski definition) is 2. The van der Waals surface area contributed by atoms with E-state index in [9.17, 15) is 18.0 Å². The number of sulfonamides is 1. The van der Waals surface area contributed by atoms with Crippen molar-refractivity contribution in [1.29, 1.82) is 0 Å². The smallest absolute Gasteiger partial charge is 0.338 e. The van der Waals surface area contributed by atoms with Crippen LogP contribution in [0.15, 0.2) is 71.6 Å². The summed E-state index contributed by atoms with van der Waals surface area (Å²) in [5.74, 6) is -0.989. The predicted molar refractivity (Wildman–Crippen MR) is 124 cm³/mol. The second-order valence-electron chi connectivity index (χ2n) is 6.87. The lowest BCUT2D eigenvalue weighted by atomic mass is 10.2. The van der Waals surface area contributed by atoms with E-state index in [4.69, 9.17) is 16.3 Å². The summed E-state index contributed by atoms with van der Waals surface area (Å²) in [5.41, 5.74) is 2.16. The van der Waals surface area contributed by atoms with Crippen molar-refractivity contribution in [2.75, 3.05) is 16.6 Å². The second-order valence-corrected chi connectivity index (χ2v) is 8.93. The van der Waals surface area contributed by atoms with Crippen molar-refractivity contribution in [1.82, 2.24) is 0 Å². The van der Waals surface area contributed by atoms with Gasteiger partial charge >= 0.3 is 5.97 Å². The summed E-state index contributed by atoms with van der Waals surface area (Å²) in [6.07, 6.45) is 0. The van der Waals surface area contributed by atoms with Crippen LogP contribution in [0.3, 0.4) is 0 Å². The Bertz CT molecular complexity index is 1260. The van der Waals surface area contributed by atoms with Gasteiger partial charge in [-0.1, -0.05) is 23.7 Å². The first-order chi connectivity index (χ1) is 15.2. The first kappa shape index (κ1) is 23.3. The fourth-order valence-electron chi connectivity index (χ4n) is 2.88. The molecule has 32 heavy (non-hydrogen) atoms.